The van der Waals surface area contributed by atoms with E-state index < -0.39 is 5.60 Å². The lowest BCUT2D eigenvalue weighted by molar-refractivity contribution is -0.152. The Morgan fingerprint density at radius 2 is 2.00 bits per heavy atom. The fourth-order valence-corrected chi connectivity index (χ4v) is 1.05. The van der Waals surface area contributed by atoms with Crippen LogP contribution in [0.25, 0.3) is 0 Å². The van der Waals surface area contributed by atoms with Gasteiger partial charge in [-0.25, -0.2) is 0 Å². The molecule has 1 unspecified atom stereocenters. The average Bonchev–Trinajstić information content (AvgIpc) is 2.01. The Bertz CT molecular complexity index is 194. The van der Waals surface area contributed by atoms with Crippen LogP contribution in [0, 0.1) is 0 Å². The van der Waals surface area contributed by atoms with E-state index in [1.54, 1.807) is 0 Å². The minimum Gasteiger partial charge on any atom is -0.455 e. The van der Waals surface area contributed by atoms with Gasteiger partial charge in [0.2, 0.25) is 0 Å². The maximum atomic E-state index is 10.8. The molecule has 0 fully saturated rings. The summed E-state index contributed by atoms with van der Waals surface area (Å²) in [6.07, 6.45) is 2.79. The minimum absolute atomic E-state index is 0.222. The first-order valence-electron chi connectivity index (χ1n) is 4.29. The van der Waals surface area contributed by atoms with E-state index in [2.05, 4.69) is 0 Å². The fraction of sp³-hybridized carbons (Fsp3) is 0.700. The van der Waals surface area contributed by atoms with E-state index in [1.807, 2.05) is 33.8 Å². The van der Waals surface area contributed by atoms with E-state index in [0.29, 0.717) is 0 Å². The number of carbonyl (C=O) groups is 1. The molecule has 0 bridgehead atoms. The second-order valence-corrected chi connectivity index (χ2v) is 3.15. The number of allylic oxidation sites excluding steroid dienone is 1. The summed E-state index contributed by atoms with van der Waals surface area (Å²) < 4.78 is 5.23. The van der Waals surface area contributed by atoms with Gasteiger partial charge in [-0.15, -0.1) is 0 Å². The molecule has 0 saturated heterocycles. The van der Waals surface area contributed by atoms with E-state index in [1.165, 1.54) is 6.92 Å². The van der Waals surface area contributed by atoms with Crippen LogP contribution in [-0.2, 0) is 9.53 Å². The molecule has 0 aromatic heterocycles. The molecular formula is C10H18O2. The molecule has 0 saturated carbocycles. The SMILES string of the molecule is C/C=C(\C)C(C)(CC)OC(C)=O. The molecule has 0 heterocycles. The Morgan fingerprint density at radius 1 is 1.50 bits per heavy atom. The maximum absolute atomic E-state index is 10.8. The van der Waals surface area contributed by atoms with Gasteiger partial charge in [-0.3, -0.25) is 4.79 Å². The molecular weight excluding hydrogens is 152 g/mol. The van der Waals surface area contributed by atoms with Crippen LogP contribution in [0.2, 0.25) is 0 Å². The lowest BCUT2D eigenvalue weighted by atomic mass is 9.94. The van der Waals surface area contributed by atoms with Crippen LogP contribution in [0.4, 0.5) is 0 Å². The molecule has 0 aliphatic carbocycles. The van der Waals surface area contributed by atoms with Crippen molar-refractivity contribution in [3.63, 3.8) is 0 Å². The number of rotatable bonds is 3. The molecule has 2 nitrogen and oxygen atoms in total. The Kier molecular flexibility index (Phi) is 4.01. The molecule has 0 aromatic rings. The number of carbonyl (C=O) groups excluding carboxylic acids is 1. The average molecular weight is 170 g/mol. The van der Waals surface area contributed by atoms with Gasteiger partial charge < -0.3 is 4.74 Å². The zero-order chi connectivity index (χ0) is 9.78. The molecule has 0 amide bonds. The molecule has 0 aromatic carbocycles. The van der Waals surface area contributed by atoms with Gasteiger partial charge in [-0.2, -0.15) is 0 Å². The van der Waals surface area contributed by atoms with Crippen LogP contribution in [0.15, 0.2) is 11.6 Å². The van der Waals surface area contributed by atoms with Crippen molar-refractivity contribution in [1.82, 2.24) is 0 Å². The van der Waals surface area contributed by atoms with Gasteiger partial charge in [-0.05, 0) is 32.8 Å². The van der Waals surface area contributed by atoms with E-state index in [-0.39, 0.29) is 5.97 Å². The summed E-state index contributed by atoms with van der Waals surface area (Å²) in [5, 5.41) is 0. The normalized spacial score (nSPS) is 16.9. The number of hydrogen-bond acceptors (Lipinski definition) is 2. The first-order valence-corrected chi connectivity index (χ1v) is 4.29. The largest absolute Gasteiger partial charge is 0.455 e. The second-order valence-electron chi connectivity index (χ2n) is 3.15. The van der Waals surface area contributed by atoms with Crippen LogP contribution >= 0.6 is 0 Å². The third-order valence-electron chi connectivity index (χ3n) is 2.31. The van der Waals surface area contributed by atoms with Crippen molar-refractivity contribution >= 4 is 5.97 Å². The van der Waals surface area contributed by atoms with Crippen LogP contribution in [-0.4, -0.2) is 11.6 Å². The molecule has 1 atom stereocenters. The zero-order valence-electron chi connectivity index (χ0n) is 8.60. The van der Waals surface area contributed by atoms with E-state index in [0.717, 1.165) is 12.0 Å². The Hall–Kier alpha value is -0.790. The van der Waals surface area contributed by atoms with Crippen LogP contribution in [0.5, 0.6) is 0 Å². The lowest BCUT2D eigenvalue weighted by Crippen LogP contribution is -2.31. The first kappa shape index (κ1) is 11.2. The minimum atomic E-state index is -0.416. The van der Waals surface area contributed by atoms with Gasteiger partial charge in [0.1, 0.15) is 5.60 Å². The van der Waals surface area contributed by atoms with Crippen molar-refractivity contribution in [2.75, 3.05) is 0 Å². The highest BCUT2D eigenvalue weighted by Gasteiger charge is 2.26. The highest BCUT2D eigenvalue weighted by molar-refractivity contribution is 5.67. The summed E-state index contributed by atoms with van der Waals surface area (Å²) in [6.45, 7) is 9.32. The van der Waals surface area contributed by atoms with Gasteiger partial charge in [0, 0.05) is 6.92 Å². The number of esters is 1. The zero-order valence-corrected chi connectivity index (χ0v) is 8.60. The summed E-state index contributed by atoms with van der Waals surface area (Å²) in [6, 6.07) is 0. The van der Waals surface area contributed by atoms with Crippen molar-refractivity contribution in [1.29, 1.82) is 0 Å². The highest BCUT2D eigenvalue weighted by Crippen LogP contribution is 2.24. The monoisotopic (exact) mass is 170 g/mol. The van der Waals surface area contributed by atoms with E-state index in [9.17, 15) is 4.79 Å². The summed E-state index contributed by atoms with van der Waals surface area (Å²) >= 11 is 0. The van der Waals surface area contributed by atoms with Crippen molar-refractivity contribution < 1.29 is 9.53 Å². The third-order valence-corrected chi connectivity index (χ3v) is 2.31. The Morgan fingerprint density at radius 3 is 2.25 bits per heavy atom. The molecule has 0 spiro atoms. The summed E-state index contributed by atoms with van der Waals surface area (Å²) in [5.41, 5.74) is 0.681. The molecule has 0 rings (SSSR count). The lowest BCUT2D eigenvalue weighted by Gasteiger charge is -2.28. The first-order chi connectivity index (χ1) is 5.46. The van der Waals surface area contributed by atoms with Crippen LogP contribution in [0.1, 0.15) is 41.0 Å². The Balaban J connectivity index is 4.56. The third kappa shape index (κ3) is 2.68. The van der Waals surface area contributed by atoms with Gasteiger partial charge >= 0.3 is 5.97 Å². The van der Waals surface area contributed by atoms with Crippen molar-refractivity contribution in [2.45, 2.75) is 46.6 Å². The fourth-order valence-electron chi connectivity index (χ4n) is 1.05. The molecule has 0 aliphatic heterocycles. The van der Waals surface area contributed by atoms with Gasteiger partial charge in [0.25, 0.3) is 0 Å². The summed E-state index contributed by atoms with van der Waals surface area (Å²) in [5.74, 6) is -0.222. The van der Waals surface area contributed by atoms with Crippen molar-refractivity contribution in [3.05, 3.63) is 11.6 Å². The molecule has 0 radical (unpaired) electrons. The van der Waals surface area contributed by atoms with Gasteiger partial charge in [0.15, 0.2) is 0 Å². The van der Waals surface area contributed by atoms with Crippen LogP contribution in [0.3, 0.4) is 0 Å². The highest BCUT2D eigenvalue weighted by atomic mass is 16.6. The molecule has 2 heteroatoms. The molecule has 0 aliphatic rings. The van der Waals surface area contributed by atoms with Crippen LogP contribution < -0.4 is 0 Å². The summed E-state index contributed by atoms with van der Waals surface area (Å²) in [4.78, 5) is 10.8. The molecule has 12 heavy (non-hydrogen) atoms. The maximum Gasteiger partial charge on any atom is 0.303 e. The Labute approximate surface area is 74.6 Å². The smallest absolute Gasteiger partial charge is 0.303 e. The number of hydrogen-bond donors (Lipinski definition) is 0. The quantitative estimate of drug-likeness (QED) is 0.481. The van der Waals surface area contributed by atoms with E-state index in [4.69, 9.17) is 4.74 Å². The van der Waals surface area contributed by atoms with Crippen molar-refractivity contribution in [3.8, 4) is 0 Å². The summed E-state index contributed by atoms with van der Waals surface area (Å²) in [7, 11) is 0. The topological polar surface area (TPSA) is 26.3 Å². The predicted octanol–water partition coefficient (Wildman–Crippen LogP) is 2.68. The number of ether oxygens (including phenoxy) is 1. The second kappa shape index (κ2) is 4.29. The molecule has 70 valence electrons. The molecule has 0 N–H and O–H groups in total. The van der Waals surface area contributed by atoms with E-state index >= 15 is 0 Å². The standard InChI is InChI=1S/C10H18O2/c1-6-8(3)10(5,7-2)12-9(4)11/h6H,7H2,1-5H3/b8-6+. The van der Waals surface area contributed by atoms with Crippen molar-refractivity contribution in [2.24, 2.45) is 0 Å². The predicted molar refractivity (Wildman–Crippen MR) is 49.9 cm³/mol. The van der Waals surface area contributed by atoms with Gasteiger partial charge in [0.05, 0.1) is 0 Å². The van der Waals surface area contributed by atoms with Gasteiger partial charge in [-0.1, -0.05) is 13.0 Å².